The third kappa shape index (κ3) is 4.23. The lowest BCUT2D eigenvalue weighted by Gasteiger charge is -2.38. The zero-order chi connectivity index (χ0) is 25.0. The van der Waals surface area contributed by atoms with Gasteiger partial charge in [0.25, 0.3) is 0 Å². The van der Waals surface area contributed by atoms with Gasteiger partial charge in [0, 0.05) is 31.1 Å². The first-order valence-electron chi connectivity index (χ1n) is 11.8. The summed E-state index contributed by atoms with van der Waals surface area (Å²) in [5, 5.41) is 10.9. The third-order valence-corrected chi connectivity index (χ3v) is 8.85. The summed E-state index contributed by atoms with van der Waals surface area (Å²) in [6, 6.07) is 6.61. The molecule has 35 heavy (non-hydrogen) atoms. The fourth-order valence-electron chi connectivity index (χ4n) is 5.49. The van der Waals surface area contributed by atoms with Crippen LogP contribution in [0.2, 0.25) is 0 Å². The Labute approximate surface area is 204 Å². The molecule has 0 saturated carbocycles. The van der Waals surface area contributed by atoms with E-state index in [4.69, 9.17) is 4.74 Å². The van der Waals surface area contributed by atoms with Gasteiger partial charge in [0.15, 0.2) is 9.84 Å². The lowest BCUT2D eigenvalue weighted by molar-refractivity contribution is -0.128. The highest BCUT2D eigenvalue weighted by molar-refractivity contribution is 7.90. The quantitative estimate of drug-likeness (QED) is 0.621. The molecule has 1 amide bonds. The van der Waals surface area contributed by atoms with Crippen LogP contribution in [0.15, 0.2) is 35.4 Å². The van der Waals surface area contributed by atoms with E-state index in [0.717, 1.165) is 29.4 Å². The van der Waals surface area contributed by atoms with Crippen molar-refractivity contribution in [1.82, 2.24) is 9.88 Å². The Bertz CT molecular complexity index is 1280. The highest BCUT2D eigenvalue weighted by atomic mass is 32.2. The molecule has 1 spiro atoms. The highest BCUT2D eigenvalue weighted by Gasteiger charge is 2.49. The summed E-state index contributed by atoms with van der Waals surface area (Å²) < 4.78 is 28.5. The molecule has 3 aliphatic rings. The van der Waals surface area contributed by atoms with E-state index in [9.17, 15) is 23.1 Å². The van der Waals surface area contributed by atoms with Crippen molar-refractivity contribution in [3.63, 3.8) is 0 Å². The average Bonchev–Trinajstić information content (AvgIpc) is 3.36. The van der Waals surface area contributed by atoms with Gasteiger partial charge >= 0.3 is 5.97 Å². The number of hydrogen-bond acceptors (Lipinski definition) is 8. The predicted molar refractivity (Wildman–Crippen MR) is 128 cm³/mol. The number of cyclic esters (lactones) is 1. The van der Waals surface area contributed by atoms with Gasteiger partial charge in [-0.05, 0) is 68.6 Å². The predicted octanol–water partition coefficient (Wildman–Crippen LogP) is 2.02. The number of β-amino-alcohol motifs (C(OH)–C–C–N with tert-alkyl or cyclic N) is 1. The van der Waals surface area contributed by atoms with Gasteiger partial charge < -0.3 is 14.7 Å². The van der Waals surface area contributed by atoms with Crippen LogP contribution >= 0.6 is 0 Å². The van der Waals surface area contributed by atoms with Gasteiger partial charge in [-0.3, -0.25) is 9.69 Å². The molecule has 2 saturated heterocycles. The number of aliphatic hydroxyl groups excluding tert-OH is 1. The fourth-order valence-corrected chi connectivity index (χ4v) is 6.05. The second kappa shape index (κ2) is 8.69. The monoisotopic (exact) mass is 499 g/mol. The number of sulfone groups is 1. The van der Waals surface area contributed by atoms with E-state index in [1.165, 1.54) is 12.3 Å². The van der Waals surface area contributed by atoms with E-state index >= 15 is 0 Å². The first-order chi connectivity index (χ1) is 16.6. The Kier molecular flexibility index (Phi) is 5.93. The standard InChI is InChI=1S/C25H29N3O6S/c1-16-18(4-5-19-20(16)15-34-23(19)30)21(29)14-27-10-7-25(8-11-27)9-12-28(24(25)31)22-6-3-17(13-26-22)35(2,32)33/h3-6,13,21,29H,7-12,14-15H2,1-2H3. The molecular weight excluding hydrogens is 470 g/mol. The summed E-state index contributed by atoms with van der Waals surface area (Å²) >= 11 is 0. The van der Waals surface area contributed by atoms with E-state index in [2.05, 4.69) is 9.88 Å². The van der Waals surface area contributed by atoms with Gasteiger partial charge in [-0.15, -0.1) is 0 Å². The number of anilines is 1. The van der Waals surface area contributed by atoms with Crippen LogP contribution < -0.4 is 4.90 Å². The summed E-state index contributed by atoms with van der Waals surface area (Å²) in [4.78, 5) is 33.3. The number of aliphatic hydroxyl groups is 1. The number of nitrogens with zero attached hydrogens (tertiary/aromatic N) is 3. The van der Waals surface area contributed by atoms with E-state index in [1.807, 2.05) is 6.92 Å². The number of rotatable bonds is 5. The number of aromatic nitrogens is 1. The zero-order valence-corrected chi connectivity index (χ0v) is 20.7. The lowest BCUT2D eigenvalue weighted by atomic mass is 9.77. The number of hydrogen-bond donors (Lipinski definition) is 1. The molecule has 2 aromatic rings. The largest absolute Gasteiger partial charge is 0.457 e. The second-order valence-electron chi connectivity index (χ2n) is 9.81. The maximum absolute atomic E-state index is 13.4. The zero-order valence-electron chi connectivity index (χ0n) is 19.9. The van der Waals surface area contributed by atoms with Crippen LogP contribution in [0, 0.1) is 12.3 Å². The van der Waals surface area contributed by atoms with Crippen molar-refractivity contribution in [1.29, 1.82) is 0 Å². The molecule has 1 unspecified atom stereocenters. The van der Waals surface area contributed by atoms with Gasteiger partial charge in [0.05, 0.1) is 22.0 Å². The van der Waals surface area contributed by atoms with Gasteiger partial charge in [-0.25, -0.2) is 18.2 Å². The van der Waals surface area contributed by atoms with Gasteiger partial charge in [-0.1, -0.05) is 6.07 Å². The Hall–Kier alpha value is -2.82. The number of carbonyl (C=O) groups is 2. The van der Waals surface area contributed by atoms with Crippen LogP contribution in [-0.4, -0.2) is 67.7 Å². The van der Waals surface area contributed by atoms with Crippen LogP contribution in [0.3, 0.4) is 0 Å². The Morgan fingerprint density at radius 1 is 1.11 bits per heavy atom. The fraction of sp³-hybridized carbons (Fsp3) is 0.480. The number of likely N-dealkylation sites (tertiary alicyclic amines) is 1. The summed E-state index contributed by atoms with van der Waals surface area (Å²) in [6.45, 7) is 4.56. The van der Waals surface area contributed by atoms with Crippen molar-refractivity contribution in [2.24, 2.45) is 5.41 Å². The Morgan fingerprint density at radius 2 is 1.83 bits per heavy atom. The number of carbonyl (C=O) groups excluding carboxylic acids is 2. The summed E-state index contributed by atoms with van der Waals surface area (Å²) in [5.41, 5.74) is 2.67. The number of fused-ring (bicyclic) bond motifs is 1. The van der Waals surface area contributed by atoms with Crippen LogP contribution in [0.4, 0.5) is 5.82 Å². The lowest BCUT2D eigenvalue weighted by Crippen LogP contribution is -2.45. The molecule has 1 atom stereocenters. The number of amides is 1. The van der Waals surface area contributed by atoms with Crippen molar-refractivity contribution in [2.45, 2.75) is 43.8 Å². The minimum absolute atomic E-state index is 0.0384. The second-order valence-corrected chi connectivity index (χ2v) is 11.8. The number of piperidine rings is 1. The third-order valence-electron chi connectivity index (χ3n) is 7.75. The van der Waals surface area contributed by atoms with E-state index in [1.54, 1.807) is 23.1 Å². The van der Waals surface area contributed by atoms with Crippen LogP contribution in [-0.2, 0) is 26.0 Å². The molecule has 9 nitrogen and oxygen atoms in total. The molecule has 1 aromatic carbocycles. The van der Waals surface area contributed by atoms with Crippen molar-refractivity contribution in [3.05, 3.63) is 52.7 Å². The summed E-state index contributed by atoms with van der Waals surface area (Å²) in [6.07, 6.45) is 3.86. The van der Waals surface area contributed by atoms with E-state index in [-0.39, 0.29) is 23.4 Å². The van der Waals surface area contributed by atoms with E-state index in [0.29, 0.717) is 50.4 Å². The molecule has 4 heterocycles. The molecule has 186 valence electrons. The Balaban J connectivity index is 1.22. The van der Waals surface area contributed by atoms with Crippen LogP contribution in [0.25, 0.3) is 0 Å². The molecule has 3 aliphatic heterocycles. The van der Waals surface area contributed by atoms with Crippen molar-refractivity contribution < 1.29 is 27.9 Å². The first kappa shape index (κ1) is 23.9. The minimum Gasteiger partial charge on any atom is -0.457 e. The molecule has 2 fully saturated rings. The SMILES string of the molecule is Cc1c(C(O)CN2CCC3(CC2)CCN(c2ccc(S(C)(=O)=O)cn2)C3=O)ccc2c1COC2=O. The summed E-state index contributed by atoms with van der Waals surface area (Å²) in [5.74, 6) is 0.199. The molecule has 10 heteroatoms. The van der Waals surface area contributed by atoms with Crippen LogP contribution in [0.1, 0.15) is 52.4 Å². The van der Waals surface area contributed by atoms with Crippen molar-refractivity contribution in [3.8, 4) is 0 Å². The highest BCUT2D eigenvalue weighted by Crippen LogP contribution is 2.43. The van der Waals surface area contributed by atoms with E-state index < -0.39 is 21.4 Å². The molecule has 0 bridgehead atoms. The summed E-state index contributed by atoms with van der Waals surface area (Å²) in [7, 11) is -3.34. The maximum Gasteiger partial charge on any atom is 0.338 e. The normalized spacial score (nSPS) is 20.8. The van der Waals surface area contributed by atoms with Crippen molar-refractivity contribution in [2.75, 3.05) is 37.3 Å². The first-order valence-corrected chi connectivity index (χ1v) is 13.7. The average molecular weight is 500 g/mol. The molecular formula is C25H29N3O6S. The number of pyridine rings is 1. The van der Waals surface area contributed by atoms with Crippen LogP contribution in [0.5, 0.6) is 0 Å². The number of esters is 1. The molecule has 1 N–H and O–H groups in total. The number of benzene rings is 1. The number of ether oxygens (including phenoxy) is 1. The van der Waals surface area contributed by atoms with Gasteiger partial charge in [0.1, 0.15) is 12.4 Å². The molecule has 0 aliphatic carbocycles. The Morgan fingerprint density at radius 3 is 2.49 bits per heavy atom. The molecule has 0 radical (unpaired) electrons. The molecule has 5 rings (SSSR count). The maximum atomic E-state index is 13.4. The van der Waals surface area contributed by atoms with Crippen molar-refractivity contribution >= 4 is 27.5 Å². The smallest absolute Gasteiger partial charge is 0.338 e. The van der Waals surface area contributed by atoms with Gasteiger partial charge in [-0.2, -0.15) is 0 Å². The van der Waals surface area contributed by atoms with Gasteiger partial charge in [0.2, 0.25) is 5.91 Å². The molecule has 1 aromatic heterocycles. The topological polar surface area (TPSA) is 117 Å². The minimum atomic E-state index is -3.34.